The molecular formula is C9H16F2N2O2S. The van der Waals surface area contributed by atoms with Gasteiger partial charge in [0.1, 0.15) is 0 Å². The van der Waals surface area contributed by atoms with Crippen molar-refractivity contribution < 1.29 is 18.7 Å². The van der Waals surface area contributed by atoms with E-state index in [0.29, 0.717) is 6.42 Å². The minimum absolute atomic E-state index is 0.00953. The maximum absolute atomic E-state index is 12.2. The summed E-state index contributed by atoms with van der Waals surface area (Å²) in [4.78, 5) is 12.6. The number of amides is 1. The number of nitrogens with two attached hydrogens (primary N) is 1. The third-order valence-electron chi connectivity index (χ3n) is 2.09. The summed E-state index contributed by atoms with van der Waals surface area (Å²) >= 11 is 4.69. The third kappa shape index (κ3) is 4.80. The fourth-order valence-corrected chi connectivity index (χ4v) is 1.56. The lowest BCUT2D eigenvalue weighted by atomic mass is 10.1. The van der Waals surface area contributed by atoms with Crippen LogP contribution >= 0.6 is 12.2 Å². The molecule has 1 amide bonds. The molecule has 0 aromatic carbocycles. The molecule has 0 rings (SSSR count). The second-order valence-corrected chi connectivity index (χ2v) is 3.73. The molecule has 16 heavy (non-hydrogen) atoms. The molecule has 0 aromatic heterocycles. The summed E-state index contributed by atoms with van der Waals surface area (Å²) in [7, 11) is 0. The third-order valence-corrected chi connectivity index (χ3v) is 2.37. The molecule has 0 aliphatic carbocycles. The maximum Gasteiger partial charge on any atom is 0.255 e. The number of carbonyl (C=O) groups is 1. The van der Waals surface area contributed by atoms with E-state index in [1.54, 1.807) is 6.92 Å². The summed E-state index contributed by atoms with van der Waals surface area (Å²) in [5, 5.41) is 8.69. The standard InChI is InChI=1S/C9H16F2N2O2S/c1-2-6(8(12)16)9(15)13(3-4-14)5-7(10)11/h6-7,14H,2-5H2,1H3,(H2,12,16). The smallest absolute Gasteiger partial charge is 0.255 e. The highest BCUT2D eigenvalue weighted by Gasteiger charge is 2.26. The summed E-state index contributed by atoms with van der Waals surface area (Å²) in [5.74, 6) is -1.29. The minimum Gasteiger partial charge on any atom is -0.395 e. The quantitative estimate of drug-likeness (QED) is 0.645. The average molecular weight is 254 g/mol. The van der Waals surface area contributed by atoms with Gasteiger partial charge in [0.2, 0.25) is 5.91 Å². The first-order chi connectivity index (χ1) is 7.43. The first-order valence-corrected chi connectivity index (χ1v) is 5.31. The highest BCUT2D eigenvalue weighted by atomic mass is 32.1. The van der Waals surface area contributed by atoms with Crippen LogP contribution in [0.25, 0.3) is 0 Å². The highest BCUT2D eigenvalue weighted by molar-refractivity contribution is 7.80. The largest absolute Gasteiger partial charge is 0.395 e. The molecule has 4 nitrogen and oxygen atoms in total. The Labute approximate surface area is 98.4 Å². The van der Waals surface area contributed by atoms with Crippen LogP contribution in [0.5, 0.6) is 0 Å². The molecule has 0 saturated carbocycles. The molecule has 0 saturated heterocycles. The molecule has 0 spiro atoms. The number of rotatable bonds is 7. The average Bonchev–Trinajstić information content (AvgIpc) is 2.16. The predicted octanol–water partition coefficient (Wildman–Crippen LogP) is 0.385. The number of aliphatic hydroxyl groups is 1. The summed E-state index contributed by atoms with van der Waals surface area (Å²) < 4.78 is 24.4. The molecule has 0 bridgehead atoms. The highest BCUT2D eigenvalue weighted by Crippen LogP contribution is 2.10. The molecule has 7 heteroatoms. The van der Waals surface area contributed by atoms with Crippen LogP contribution in [0.4, 0.5) is 8.78 Å². The van der Waals surface area contributed by atoms with Gasteiger partial charge in [-0.3, -0.25) is 4.79 Å². The molecule has 0 aliphatic rings. The van der Waals surface area contributed by atoms with Crippen LogP contribution in [0.3, 0.4) is 0 Å². The zero-order valence-corrected chi connectivity index (χ0v) is 9.84. The first kappa shape index (κ1) is 15.2. The van der Waals surface area contributed by atoms with Crippen molar-refractivity contribution in [3.63, 3.8) is 0 Å². The van der Waals surface area contributed by atoms with Gasteiger partial charge >= 0.3 is 0 Å². The van der Waals surface area contributed by atoms with Gasteiger partial charge in [-0.15, -0.1) is 0 Å². The zero-order valence-electron chi connectivity index (χ0n) is 9.03. The van der Waals surface area contributed by atoms with E-state index in [9.17, 15) is 13.6 Å². The van der Waals surface area contributed by atoms with Gasteiger partial charge in [0.05, 0.1) is 24.1 Å². The fourth-order valence-electron chi connectivity index (χ4n) is 1.30. The van der Waals surface area contributed by atoms with Crippen molar-refractivity contribution in [2.75, 3.05) is 19.7 Å². The molecule has 0 fully saturated rings. The Balaban J connectivity index is 4.63. The number of hydrogen-bond donors (Lipinski definition) is 2. The Bertz CT molecular complexity index is 252. The normalized spacial score (nSPS) is 12.6. The van der Waals surface area contributed by atoms with Gasteiger partial charge in [-0.1, -0.05) is 19.1 Å². The number of halogens is 2. The topological polar surface area (TPSA) is 66.6 Å². The maximum atomic E-state index is 12.2. The molecule has 0 aliphatic heterocycles. The van der Waals surface area contributed by atoms with Gasteiger partial charge in [0, 0.05) is 6.54 Å². The molecule has 1 atom stereocenters. The van der Waals surface area contributed by atoms with Gasteiger partial charge in [0.15, 0.2) is 0 Å². The van der Waals surface area contributed by atoms with E-state index in [1.165, 1.54) is 0 Å². The number of carbonyl (C=O) groups excluding carboxylic acids is 1. The van der Waals surface area contributed by atoms with E-state index >= 15 is 0 Å². The van der Waals surface area contributed by atoms with Crippen molar-refractivity contribution in [1.29, 1.82) is 0 Å². The number of alkyl halides is 2. The molecular weight excluding hydrogens is 238 g/mol. The first-order valence-electron chi connectivity index (χ1n) is 4.91. The Morgan fingerprint density at radius 3 is 2.44 bits per heavy atom. The second-order valence-electron chi connectivity index (χ2n) is 3.26. The molecule has 94 valence electrons. The van der Waals surface area contributed by atoms with Gasteiger partial charge in [-0.2, -0.15) is 0 Å². The van der Waals surface area contributed by atoms with Crippen molar-refractivity contribution in [2.24, 2.45) is 11.7 Å². The van der Waals surface area contributed by atoms with Crippen molar-refractivity contribution in [1.82, 2.24) is 4.90 Å². The Morgan fingerprint density at radius 2 is 2.12 bits per heavy atom. The number of thiocarbonyl (C=S) groups is 1. The summed E-state index contributed by atoms with van der Waals surface area (Å²) in [6, 6.07) is 0. The molecule has 0 radical (unpaired) electrons. The van der Waals surface area contributed by atoms with E-state index in [-0.39, 0.29) is 18.1 Å². The van der Waals surface area contributed by atoms with Gasteiger partial charge < -0.3 is 15.7 Å². The van der Waals surface area contributed by atoms with E-state index in [4.69, 9.17) is 10.8 Å². The number of aliphatic hydroxyl groups excluding tert-OH is 1. The Hall–Kier alpha value is -0.820. The van der Waals surface area contributed by atoms with Crippen molar-refractivity contribution in [2.45, 2.75) is 19.8 Å². The molecule has 1 unspecified atom stereocenters. The molecule has 3 N–H and O–H groups in total. The summed E-state index contributed by atoms with van der Waals surface area (Å²) in [6.45, 7) is 0.480. The van der Waals surface area contributed by atoms with E-state index in [2.05, 4.69) is 12.2 Å². The number of hydrogen-bond acceptors (Lipinski definition) is 3. The van der Waals surface area contributed by atoms with Crippen LogP contribution in [-0.2, 0) is 4.79 Å². The predicted molar refractivity (Wildman–Crippen MR) is 60.2 cm³/mol. The van der Waals surface area contributed by atoms with Crippen LogP contribution in [-0.4, -0.2) is 47.0 Å². The SMILES string of the molecule is CCC(C(=O)N(CCO)CC(F)F)C(N)=S. The van der Waals surface area contributed by atoms with Crippen LogP contribution in [0.2, 0.25) is 0 Å². The summed E-state index contributed by atoms with van der Waals surface area (Å²) in [6.07, 6.45) is -2.28. The van der Waals surface area contributed by atoms with E-state index < -0.39 is 24.8 Å². The van der Waals surface area contributed by atoms with Crippen molar-refractivity contribution >= 4 is 23.1 Å². The minimum atomic E-state index is -2.64. The van der Waals surface area contributed by atoms with E-state index in [1.807, 2.05) is 0 Å². The Morgan fingerprint density at radius 1 is 1.56 bits per heavy atom. The fraction of sp³-hybridized carbons (Fsp3) is 0.778. The lowest BCUT2D eigenvalue weighted by Crippen LogP contribution is -2.44. The molecule has 0 heterocycles. The van der Waals surface area contributed by atoms with Crippen LogP contribution in [0, 0.1) is 5.92 Å². The molecule has 0 aromatic rings. The zero-order chi connectivity index (χ0) is 12.7. The van der Waals surface area contributed by atoms with Gasteiger partial charge in [-0.25, -0.2) is 8.78 Å². The number of nitrogens with zero attached hydrogens (tertiary/aromatic N) is 1. The second kappa shape index (κ2) is 7.45. The lowest BCUT2D eigenvalue weighted by molar-refractivity contribution is -0.135. The van der Waals surface area contributed by atoms with Crippen LogP contribution in [0.15, 0.2) is 0 Å². The van der Waals surface area contributed by atoms with Crippen molar-refractivity contribution in [3.05, 3.63) is 0 Å². The monoisotopic (exact) mass is 254 g/mol. The van der Waals surface area contributed by atoms with Crippen molar-refractivity contribution in [3.8, 4) is 0 Å². The summed E-state index contributed by atoms with van der Waals surface area (Å²) in [5.41, 5.74) is 5.35. The van der Waals surface area contributed by atoms with Crippen LogP contribution in [0.1, 0.15) is 13.3 Å². The Kier molecular flexibility index (Phi) is 7.07. The van der Waals surface area contributed by atoms with Gasteiger partial charge in [0.25, 0.3) is 6.43 Å². The van der Waals surface area contributed by atoms with E-state index in [0.717, 1.165) is 4.90 Å². The van der Waals surface area contributed by atoms with Crippen LogP contribution < -0.4 is 5.73 Å². The van der Waals surface area contributed by atoms with Gasteiger partial charge in [-0.05, 0) is 6.42 Å². The lowest BCUT2D eigenvalue weighted by Gasteiger charge is -2.25.